The van der Waals surface area contributed by atoms with Gasteiger partial charge in [-0.2, -0.15) is 0 Å². The zero-order valence-electron chi connectivity index (χ0n) is 38.9. The molecule has 71 heavy (non-hydrogen) atoms. The van der Waals surface area contributed by atoms with Crippen molar-refractivity contribution in [3.8, 4) is 44.5 Å². The van der Waals surface area contributed by atoms with E-state index in [0.29, 0.717) is 0 Å². The van der Waals surface area contributed by atoms with Gasteiger partial charge in [0.05, 0.1) is 0 Å². The van der Waals surface area contributed by atoms with Gasteiger partial charge in [0.2, 0.25) is 0 Å². The molecule has 13 rings (SSSR count). The van der Waals surface area contributed by atoms with Gasteiger partial charge in [0.15, 0.2) is 7.28 Å². The van der Waals surface area contributed by atoms with Crippen LogP contribution in [0.25, 0.3) is 64.7 Å². The molecule has 0 unspecified atom stereocenters. The Labute approximate surface area is 419 Å². The summed E-state index contributed by atoms with van der Waals surface area (Å²) in [6.07, 6.45) is 0. The van der Waals surface area contributed by atoms with Gasteiger partial charge in [0.25, 0.3) is 0 Å². The van der Waals surface area contributed by atoms with Gasteiger partial charge >= 0.3 is 0 Å². The molecule has 3 nitrogen and oxygen atoms in total. The number of nitrogens with one attached hydrogen (secondary N) is 1. The summed E-state index contributed by atoms with van der Waals surface area (Å²) in [5.41, 5.74) is 21.0. The Morgan fingerprint density at radius 1 is 0.394 bits per heavy atom. The molecule has 0 saturated heterocycles. The number of nitrogens with zero attached hydrogens (tertiary/aromatic N) is 2. The van der Waals surface area contributed by atoms with E-state index < -0.39 is 0 Å². The van der Waals surface area contributed by atoms with Gasteiger partial charge in [-0.15, -0.1) is 11.3 Å². The first-order chi connectivity index (χ1) is 35.2. The largest absolute Gasteiger partial charge is 0.355 e. The minimum absolute atomic E-state index is 0.746. The lowest BCUT2D eigenvalue weighted by Gasteiger charge is -2.36. The second-order valence-electron chi connectivity index (χ2n) is 18.2. The van der Waals surface area contributed by atoms with E-state index in [-0.39, 0.29) is 0 Å². The summed E-state index contributed by atoms with van der Waals surface area (Å²) in [5.74, 6) is 0. The highest BCUT2D eigenvalue weighted by Crippen LogP contribution is 2.49. The van der Waals surface area contributed by atoms with Gasteiger partial charge < -0.3 is 15.1 Å². The number of thiophene rings is 1. The van der Waals surface area contributed by atoms with E-state index in [1.54, 1.807) is 0 Å². The molecular formula is C66H46BN3S. The van der Waals surface area contributed by atoms with E-state index in [9.17, 15) is 0 Å². The number of fused-ring (bicyclic) bond motifs is 5. The maximum Gasteiger partial charge on any atom is 0.198 e. The molecule has 0 bridgehead atoms. The van der Waals surface area contributed by atoms with Crippen molar-refractivity contribution in [3.05, 3.63) is 267 Å². The topological polar surface area (TPSA) is 18.5 Å². The molecular weight excluding hydrogens is 878 g/mol. The molecule has 0 radical (unpaired) electrons. The molecule has 0 spiro atoms. The van der Waals surface area contributed by atoms with Crippen LogP contribution in [-0.4, -0.2) is 7.28 Å². The molecule has 0 aliphatic carbocycles. The highest BCUT2D eigenvalue weighted by molar-refractivity contribution is 7.26. The van der Waals surface area contributed by atoms with Crippen molar-refractivity contribution >= 4 is 95.2 Å². The van der Waals surface area contributed by atoms with Crippen LogP contribution in [0.4, 0.5) is 45.5 Å². The van der Waals surface area contributed by atoms with Crippen molar-refractivity contribution in [2.75, 3.05) is 15.1 Å². The Bertz CT molecular complexity index is 3800. The fourth-order valence-electron chi connectivity index (χ4n) is 10.5. The number of hydrogen-bond donors (Lipinski definition) is 1. The summed E-state index contributed by atoms with van der Waals surface area (Å²) < 4.78 is 2.52. The molecule has 334 valence electrons. The van der Waals surface area contributed by atoms with Crippen LogP contribution in [0.15, 0.2) is 267 Å². The first-order valence-electron chi connectivity index (χ1n) is 24.3. The van der Waals surface area contributed by atoms with Crippen LogP contribution in [0, 0.1) is 0 Å². The molecule has 0 fully saturated rings. The van der Waals surface area contributed by atoms with Crippen LogP contribution in [0.3, 0.4) is 0 Å². The molecule has 1 aromatic heterocycles. The van der Waals surface area contributed by atoms with E-state index in [2.05, 4.69) is 282 Å². The predicted molar refractivity (Wildman–Crippen MR) is 307 cm³/mol. The van der Waals surface area contributed by atoms with Gasteiger partial charge in [-0.3, -0.25) is 0 Å². The highest BCUT2D eigenvalue weighted by Gasteiger charge is 2.32. The van der Waals surface area contributed by atoms with Gasteiger partial charge in [-0.1, -0.05) is 187 Å². The molecule has 1 N–H and O–H groups in total. The van der Waals surface area contributed by atoms with Crippen LogP contribution in [0.1, 0.15) is 0 Å². The molecule has 0 atom stereocenters. The maximum atomic E-state index is 3.99. The van der Waals surface area contributed by atoms with Gasteiger partial charge in [-0.05, 0) is 129 Å². The number of benzene rings is 11. The minimum Gasteiger partial charge on any atom is -0.355 e. The normalized spacial score (nSPS) is 11.7. The van der Waals surface area contributed by atoms with Crippen LogP contribution >= 0.6 is 11.3 Å². The lowest BCUT2D eigenvalue weighted by molar-refractivity contribution is 1.28. The second kappa shape index (κ2) is 18.2. The maximum absolute atomic E-state index is 3.99. The fraction of sp³-hybridized carbons (Fsp3) is 0. The van der Waals surface area contributed by atoms with Gasteiger partial charge in [0.1, 0.15) is 0 Å². The van der Waals surface area contributed by atoms with Crippen LogP contribution < -0.4 is 26.0 Å². The number of anilines is 8. The zero-order valence-corrected chi connectivity index (χ0v) is 39.7. The number of rotatable bonds is 10. The Morgan fingerprint density at radius 2 is 0.915 bits per heavy atom. The SMILES string of the molecule is B1c2cc(-c3ccccc3)ccc2N(c2ccc(-c3ccccc3)cc2)c2cc3sc4ccccc4c3c(-c3cc(N(c4ccccc4)c4ccccc4)ccc3Nc3ccc(-c4ccccc4)cc3)c21. The Balaban J connectivity index is 1.08. The third-order valence-electron chi connectivity index (χ3n) is 13.9. The van der Waals surface area contributed by atoms with Crippen molar-refractivity contribution in [1.29, 1.82) is 0 Å². The lowest BCUT2D eigenvalue weighted by atomic mass is 9.57. The van der Waals surface area contributed by atoms with Crippen molar-refractivity contribution in [2.24, 2.45) is 0 Å². The number of hydrogen-bond acceptors (Lipinski definition) is 4. The van der Waals surface area contributed by atoms with E-state index in [1.165, 1.54) is 81.4 Å². The molecule has 0 amide bonds. The Morgan fingerprint density at radius 3 is 1.54 bits per heavy atom. The zero-order chi connectivity index (χ0) is 47.1. The van der Waals surface area contributed by atoms with Gasteiger partial charge in [0, 0.05) is 71.2 Å². The third kappa shape index (κ3) is 7.93. The third-order valence-corrected chi connectivity index (χ3v) is 15.0. The Hall–Kier alpha value is -8.90. The quantitative estimate of drug-likeness (QED) is 0.138. The molecule has 12 aromatic rings. The van der Waals surface area contributed by atoms with E-state index in [4.69, 9.17) is 0 Å². The van der Waals surface area contributed by atoms with Crippen LogP contribution in [0.2, 0.25) is 0 Å². The number of para-hydroxylation sites is 2. The first-order valence-corrected chi connectivity index (χ1v) is 25.1. The average molecular weight is 924 g/mol. The summed E-state index contributed by atoms with van der Waals surface area (Å²) in [5, 5.41) is 6.53. The summed E-state index contributed by atoms with van der Waals surface area (Å²) in [6, 6.07) is 97.0. The summed E-state index contributed by atoms with van der Waals surface area (Å²) >= 11 is 1.88. The molecule has 0 saturated carbocycles. The molecule has 1 aliphatic rings. The van der Waals surface area contributed by atoms with Gasteiger partial charge in [-0.25, -0.2) is 0 Å². The molecule has 5 heteroatoms. The fourth-order valence-corrected chi connectivity index (χ4v) is 11.6. The van der Waals surface area contributed by atoms with Crippen molar-refractivity contribution < 1.29 is 0 Å². The first kappa shape index (κ1) is 42.2. The average Bonchev–Trinajstić information content (AvgIpc) is 3.82. The highest BCUT2D eigenvalue weighted by atomic mass is 32.1. The summed E-state index contributed by atoms with van der Waals surface area (Å²) in [6.45, 7) is 0. The predicted octanol–water partition coefficient (Wildman–Crippen LogP) is 17.1. The standard InChI is InChI=1S/C66H46BN3S/c1-6-18-45(19-7-1)48-30-35-51(36-31-48)68-59-40-39-55(69(52-24-12-4-13-25-52)53-26-14-5-15-27-53)43-57(59)65-64-56-28-16-17-29-62(56)71-63(64)44-61-66(65)67-58-42-50(47-22-10-3-11-23-47)34-41-60(58)70(61)54-37-32-49(33-38-54)46-20-8-2-9-21-46/h1-44,67-68H. The summed E-state index contributed by atoms with van der Waals surface area (Å²) in [7, 11) is 0.746. The monoisotopic (exact) mass is 923 g/mol. The molecule has 2 heterocycles. The van der Waals surface area contributed by atoms with Crippen LogP contribution in [0.5, 0.6) is 0 Å². The van der Waals surface area contributed by atoms with Crippen molar-refractivity contribution in [3.63, 3.8) is 0 Å². The van der Waals surface area contributed by atoms with Crippen molar-refractivity contribution in [2.45, 2.75) is 0 Å². The van der Waals surface area contributed by atoms with Crippen molar-refractivity contribution in [1.82, 2.24) is 0 Å². The van der Waals surface area contributed by atoms with Crippen LogP contribution in [-0.2, 0) is 0 Å². The summed E-state index contributed by atoms with van der Waals surface area (Å²) in [4.78, 5) is 4.90. The smallest absolute Gasteiger partial charge is 0.198 e. The van der Waals surface area contributed by atoms with E-state index in [1.807, 2.05) is 11.3 Å². The molecule has 11 aromatic carbocycles. The second-order valence-corrected chi connectivity index (χ2v) is 19.2. The molecule has 1 aliphatic heterocycles. The minimum atomic E-state index is 0.746. The Kier molecular flexibility index (Phi) is 10.8. The lowest BCUT2D eigenvalue weighted by Crippen LogP contribution is -2.41. The van der Waals surface area contributed by atoms with E-state index in [0.717, 1.165) is 47.0 Å². The van der Waals surface area contributed by atoms with E-state index >= 15 is 0 Å².